The number of nitrogens with two attached hydrogens (primary N) is 1. The van der Waals surface area contributed by atoms with Crippen molar-refractivity contribution >= 4 is 5.91 Å². The van der Waals surface area contributed by atoms with Gasteiger partial charge in [-0.2, -0.15) is 0 Å². The van der Waals surface area contributed by atoms with Crippen LogP contribution in [0.15, 0.2) is 24.5 Å². The Hall–Kier alpha value is -1.38. The maximum atomic E-state index is 10.4. The van der Waals surface area contributed by atoms with Crippen molar-refractivity contribution in [3.05, 3.63) is 30.1 Å². The Bertz CT molecular complexity index is 242. The Balaban J connectivity index is 0.000000310. The lowest BCUT2D eigenvalue weighted by Gasteiger charge is -1.88. The Morgan fingerprint density at radius 2 is 1.69 bits per heavy atom. The summed E-state index contributed by atoms with van der Waals surface area (Å²) in [5.74, 6) is 0.414. The highest BCUT2D eigenvalue weighted by atomic mass is 16.1. The number of hydrogen-bond acceptors (Lipinski definition) is 2. The molecule has 0 atom stereocenters. The number of pyridine rings is 1. The van der Waals surface area contributed by atoms with Gasteiger partial charge in [-0.3, -0.25) is 9.78 Å². The first-order chi connectivity index (χ1) is 6.04. The molecule has 0 spiro atoms. The quantitative estimate of drug-likeness (QED) is 0.717. The molecular formula is C10H16N2O. The van der Waals surface area contributed by atoms with E-state index >= 15 is 0 Å². The summed E-state index contributed by atoms with van der Waals surface area (Å²) < 4.78 is 0. The normalized spacial score (nSPS) is 8.92. The maximum Gasteiger partial charge on any atom is 0.248 e. The molecule has 2 N–H and O–H groups in total. The molecule has 72 valence electrons. The molecule has 1 heterocycles. The first-order valence-corrected chi connectivity index (χ1v) is 4.24. The number of primary amides is 1. The van der Waals surface area contributed by atoms with E-state index < -0.39 is 5.91 Å². The minimum Gasteiger partial charge on any atom is -0.366 e. The van der Waals surface area contributed by atoms with E-state index in [4.69, 9.17) is 5.73 Å². The standard InChI is InChI=1S/C6H6N2O.C4H10/c7-6(9)5-1-3-8-4-2-5;1-4(2)3/h1-4H,(H2,7,9);4H,1-3H3. The Morgan fingerprint density at radius 3 is 1.92 bits per heavy atom. The van der Waals surface area contributed by atoms with Crippen LogP contribution in [0.4, 0.5) is 0 Å². The molecule has 3 heteroatoms. The highest BCUT2D eigenvalue weighted by Crippen LogP contribution is 1.91. The van der Waals surface area contributed by atoms with Gasteiger partial charge in [0.15, 0.2) is 0 Å². The van der Waals surface area contributed by atoms with Crippen molar-refractivity contribution in [2.24, 2.45) is 11.7 Å². The number of amides is 1. The SMILES string of the molecule is CC(C)C.NC(=O)c1ccncc1. The van der Waals surface area contributed by atoms with Crippen molar-refractivity contribution in [1.29, 1.82) is 0 Å². The van der Waals surface area contributed by atoms with E-state index in [1.807, 2.05) is 0 Å². The molecule has 13 heavy (non-hydrogen) atoms. The van der Waals surface area contributed by atoms with Crippen molar-refractivity contribution in [3.8, 4) is 0 Å². The van der Waals surface area contributed by atoms with Crippen molar-refractivity contribution in [2.45, 2.75) is 20.8 Å². The van der Waals surface area contributed by atoms with E-state index in [1.165, 1.54) is 12.4 Å². The van der Waals surface area contributed by atoms with Gasteiger partial charge in [0.1, 0.15) is 0 Å². The molecule has 0 aromatic carbocycles. The molecule has 0 radical (unpaired) electrons. The number of carbonyl (C=O) groups is 1. The van der Waals surface area contributed by atoms with Gasteiger partial charge in [0.2, 0.25) is 5.91 Å². The molecule has 0 fully saturated rings. The average Bonchev–Trinajstić information content (AvgIpc) is 2.05. The van der Waals surface area contributed by atoms with Crippen LogP contribution >= 0.6 is 0 Å². The lowest BCUT2D eigenvalue weighted by Crippen LogP contribution is -2.10. The van der Waals surface area contributed by atoms with Gasteiger partial charge in [-0.1, -0.05) is 20.8 Å². The highest BCUT2D eigenvalue weighted by Gasteiger charge is 1.94. The Kier molecular flexibility index (Phi) is 5.52. The van der Waals surface area contributed by atoms with Crippen LogP contribution in [0.3, 0.4) is 0 Å². The predicted molar refractivity (Wildman–Crippen MR) is 53.3 cm³/mol. The highest BCUT2D eigenvalue weighted by molar-refractivity contribution is 5.92. The molecular weight excluding hydrogens is 164 g/mol. The van der Waals surface area contributed by atoms with Crippen molar-refractivity contribution in [2.75, 3.05) is 0 Å². The summed E-state index contributed by atoms with van der Waals surface area (Å²) in [7, 11) is 0. The first-order valence-electron chi connectivity index (χ1n) is 4.24. The maximum absolute atomic E-state index is 10.4. The van der Waals surface area contributed by atoms with Gasteiger partial charge in [-0.15, -0.1) is 0 Å². The second kappa shape index (κ2) is 6.17. The van der Waals surface area contributed by atoms with E-state index in [-0.39, 0.29) is 0 Å². The van der Waals surface area contributed by atoms with Crippen LogP contribution in [0.1, 0.15) is 31.1 Å². The van der Waals surface area contributed by atoms with Gasteiger partial charge >= 0.3 is 0 Å². The third-order valence-electron chi connectivity index (χ3n) is 0.965. The predicted octanol–water partition coefficient (Wildman–Crippen LogP) is 1.84. The fraction of sp³-hybridized carbons (Fsp3) is 0.400. The second-order valence-corrected chi connectivity index (χ2v) is 3.33. The lowest BCUT2D eigenvalue weighted by atomic mass is 10.3. The molecule has 0 unspecified atom stereocenters. The monoisotopic (exact) mass is 180 g/mol. The first kappa shape index (κ1) is 11.6. The number of nitrogens with zero attached hydrogens (tertiary/aromatic N) is 1. The third kappa shape index (κ3) is 7.00. The van der Waals surface area contributed by atoms with E-state index in [2.05, 4.69) is 25.8 Å². The van der Waals surface area contributed by atoms with Gasteiger partial charge in [-0.05, 0) is 18.1 Å². The molecule has 1 aromatic rings. The summed E-state index contributed by atoms with van der Waals surface area (Å²) in [5.41, 5.74) is 5.44. The molecule has 1 rings (SSSR count). The molecule has 3 nitrogen and oxygen atoms in total. The third-order valence-corrected chi connectivity index (χ3v) is 0.965. The van der Waals surface area contributed by atoms with E-state index in [0.717, 1.165) is 5.92 Å². The smallest absolute Gasteiger partial charge is 0.248 e. The van der Waals surface area contributed by atoms with Gasteiger partial charge in [0, 0.05) is 18.0 Å². The van der Waals surface area contributed by atoms with Crippen LogP contribution in [-0.2, 0) is 0 Å². The van der Waals surface area contributed by atoms with Crippen LogP contribution in [0.2, 0.25) is 0 Å². The summed E-state index contributed by atoms with van der Waals surface area (Å²) in [6, 6.07) is 3.14. The summed E-state index contributed by atoms with van der Waals surface area (Å²) >= 11 is 0. The van der Waals surface area contributed by atoms with Gasteiger partial charge in [0.05, 0.1) is 0 Å². The van der Waals surface area contributed by atoms with Crippen LogP contribution in [0.25, 0.3) is 0 Å². The van der Waals surface area contributed by atoms with E-state index in [9.17, 15) is 4.79 Å². The number of aromatic nitrogens is 1. The number of hydrogen-bond donors (Lipinski definition) is 1. The fourth-order valence-corrected chi connectivity index (χ4v) is 0.516. The molecule has 0 saturated carbocycles. The van der Waals surface area contributed by atoms with Gasteiger partial charge in [-0.25, -0.2) is 0 Å². The molecule has 0 aliphatic heterocycles. The van der Waals surface area contributed by atoms with Gasteiger partial charge < -0.3 is 5.73 Å². The van der Waals surface area contributed by atoms with Crippen LogP contribution in [0.5, 0.6) is 0 Å². The Labute approximate surface area is 79.0 Å². The summed E-state index contributed by atoms with van der Waals surface area (Å²) in [4.78, 5) is 14.1. The Morgan fingerprint density at radius 1 is 1.31 bits per heavy atom. The minimum absolute atomic E-state index is 0.419. The molecule has 0 saturated heterocycles. The van der Waals surface area contributed by atoms with Crippen LogP contribution < -0.4 is 5.73 Å². The zero-order valence-electron chi connectivity index (χ0n) is 8.32. The fourth-order valence-electron chi connectivity index (χ4n) is 0.516. The molecule has 1 amide bonds. The van der Waals surface area contributed by atoms with Gasteiger partial charge in [0.25, 0.3) is 0 Å². The summed E-state index contributed by atoms with van der Waals surface area (Å²) in [6.07, 6.45) is 3.06. The van der Waals surface area contributed by atoms with Crippen molar-refractivity contribution in [1.82, 2.24) is 4.98 Å². The summed E-state index contributed by atoms with van der Waals surface area (Å²) in [5, 5.41) is 0. The number of rotatable bonds is 1. The summed E-state index contributed by atoms with van der Waals surface area (Å²) in [6.45, 7) is 6.50. The van der Waals surface area contributed by atoms with Crippen molar-refractivity contribution < 1.29 is 4.79 Å². The lowest BCUT2D eigenvalue weighted by molar-refractivity contribution is 0.1000. The molecule has 0 bridgehead atoms. The van der Waals surface area contributed by atoms with E-state index in [0.29, 0.717) is 5.56 Å². The minimum atomic E-state index is -0.419. The zero-order valence-corrected chi connectivity index (χ0v) is 8.32. The number of carbonyl (C=O) groups excluding carboxylic acids is 1. The second-order valence-electron chi connectivity index (χ2n) is 3.33. The topological polar surface area (TPSA) is 56.0 Å². The van der Waals surface area contributed by atoms with Crippen LogP contribution in [-0.4, -0.2) is 10.9 Å². The van der Waals surface area contributed by atoms with Crippen molar-refractivity contribution in [3.63, 3.8) is 0 Å². The average molecular weight is 180 g/mol. The van der Waals surface area contributed by atoms with Crippen LogP contribution in [0, 0.1) is 5.92 Å². The zero-order chi connectivity index (χ0) is 10.3. The van der Waals surface area contributed by atoms with E-state index in [1.54, 1.807) is 12.1 Å². The molecule has 0 aliphatic carbocycles. The molecule has 0 aliphatic rings. The largest absolute Gasteiger partial charge is 0.366 e. The molecule has 1 aromatic heterocycles.